The zero-order valence-corrected chi connectivity index (χ0v) is 8.96. The highest BCUT2D eigenvalue weighted by molar-refractivity contribution is 7.97. The Kier molecular flexibility index (Phi) is 4.33. The van der Waals surface area contributed by atoms with Crippen molar-refractivity contribution in [1.29, 1.82) is 0 Å². The Labute approximate surface area is 93.3 Å². The molecule has 1 amide bonds. The highest BCUT2D eigenvalue weighted by Gasteiger charge is 2.02. The van der Waals surface area contributed by atoms with E-state index < -0.39 is 0 Å². The normalized spacial score (nSPS) is 9.73. The van der Waals surface area contributed by atoms with Crippen molar-refractivity contribution in [2.24, 2.45) is 5.73 Å². The molecule has 15 heavy (non-hydrogen) atoms. The summed E-state index contributed by atoms with van der Waals surface area (Å²) in [7, 11) is 0. The molecule has 80 valence electrons. The highest BCUT2D eigenvalue weighted by Crippen LogP contribution is 2.11. The first-order chi connectivity index (χ1) is 7.13. The predicted octanol–water partition coefficient (Wildman–Crippen LogP) is 1.04. The number of amides is 1. The Hall–Kier alpha value is -1.33. The van der Waals surface area contributed by atoms with Crippen molar-refractivity contribution >= 4 is 29.3 Å². The lowest BCUT2D eigenvalue weighted by Crippen LogP contribution is -2.16. The molecule has 0 fully saturated rings. The van der Waals surface area contributed by atoms with Gasteiger partial charge in [0, 0.05) is 24.2 Å². The molecule has 0 radical (unpaired) electrons. The van der Waals surface area contributed by atoms with Gasteiger partial charge in [0.05, 0.1) is 0 Å². The molecule has 0 aliphatic carbocycles. The Morgan fingerprint density at radius 2 is 1.87 bits per heavy atom. The van der Waals surface area contributed by atoms with Gasteiger partial charge in [0.25, 0.3) is 0 Å². The fourth-order valence-electron chi connectivity index (χ4n) is 1.05. The van der Waals surface area contributed by atoms with Gasteiger partial charge in [0.2, 0.25) is 11.0 Å². The molecule has 0 aromatic heterocycles. The number of rotatable bonds is 4. The fourth-order valence-corrected chi connectivity index (χ4v) is 1.20. The third kappa shape index (κ3) is 3.73. The summed E-state index contributed by atoms with van der Waals surface area (Å²) >= 11 is 3.68. The van der Waals surface area contributed by atoms with Crippen molar-refractivity contribution in [2.75, 3.05) is 11.9 Å². The van der Waals surface area contributed by atoms with E-state index >= 15 is 0 Å². The molecule has 0 aliphatic rings. The number of hydrogen-bond donors (Lipinski definition) is 3. The van der Waals surface area contributed by atoms with Gasteiger partial charge in [-0.25, -0.2) is 0 Å². The summed E-state index contributed by atoms with van der Waals surface area (Å²) in [4.78, 5) is 22.0. The van der Waals surface area contributed by atoms with Gasteiger partial charge < -0.3 is 11.1 Å². The minimum absolute atomic E-state index is 0.137. The number of nitrogens with two attached hydrogens (primary N) is 1. The topological polar surface area (TPSA) is 72.2 Å². The van der Waals surface area contributed by atoms with Crippen molar-refractivity contribution in [1.82, 2.24) is 0 Å². The van der Waals surface area contributed by atoms with Crippen LogP contribution in [0.2, 0.25) is 0 Å². The standard InChI is InChI=1S/C10H12N2O2S/c11-6-5-9(13)12-8-3-1-7(2-4-8)10(14)15/h1-4H,5-6,11H2,(H,12,13)(H,14,15). The van der Waals surface area contributed by atoms with Crippen molar-refractivity contribution < 1.29 is 9.59 Å². The highest BCUT2D eigenvalue weighted by atomic mass is 32.1. The largest absolute Gasteiger partial charge is 0.330 e. The van der Waals surface area contributed by atoms with Crippen molar-refractivity contribution in [3.63, 3.8) is 0 Å². The molecule has 1 aromatic carbocycles. The molecular formula is C10H12N2O2S. The lowest BCUT2D eigenvalue weighted by Gasteiger charge is -2.04. The van der Waals surface area contributed by atoms with E-state index in [1.165, 1.54) is 0 Å². The van der Waals surface area contributed by atoms with E-state index in [0.717, 1.165) is 0 Å². The molecule has 0 heterocycles. The molecule has 0 aliphatic heterocycles. The SMILES string of the molecule is NCCC(=O)Nc1ccc(C(=O)S)cc1. The molecule has 0 saturated heterocycles. The van der Waals surface area contributed by atoms with E-state index in [-0.39, 0.29) is 17.4 Å². The Bertz CT molecular complexity index is 362. The van der Waals surface area contributed by atoms with Gasteiger partial charge in [-0.05, 0) is 24.3 Å². The zero-order valence-electron chi connectivity index (χ0n) is 8.06. The molecule has 1 aromatic rings. The molecule has 0 spiro atoms. The number of thiol groups is 1. The second-order valence-corrected chi connectivity index (χ2v) is 3.38. The van der Waals surface area contributed by atoms with Gasteiger partial charge in [-0.15, -0.1) is 12.6 Å². The van der Waals surface area contributed by atoms with E-state index in [4.69, 9.17) is 5.73 Å². The van der Waals surface area contributed by atoms with Crippen LogP contribution in [-0.2, 0) is 4.79 Å². The lowest BCUT2D eigenvalue weighted by atomic mass is 10.2. The van der Waals surface area contributed by atoms with Crippen LogP contribution in [-0.4, -0.2) is 17.6 Å². The first-order valence-corrected chi connectivity index (χ1v) is 4.91. The molecule has 5 heteroatoms. The third-order valence-corrected chi connectivity index (χ3v) is 2.05. The summed E-state index contributed by atoms with van der Waals surface area (Å²) in [5, 5.41) is 2.36. The second-order valence-electron chi connectivity index (χ2n) is 2.97. The molecule has 0 bridgehead atoms. The van der Waals surface area contributed by atoms with E-state index in [1.807, 2.05) is 0 Å². The van der Waals surface area contributed by atoms with Gasteiger partial charge in [0.1, 0.15) is 0 Å². The lowest BCUT2D eigenvalue weighted by molar-refractivity contribution is -0.116. The molecule has 0 atom stereocenters. The van der Waals surface area contributed by atoms with Crippen LogP contribution in [0.3, 0.4) is 0 Å². The van der Waals surface area contributed by atoms with Crippen molar-refractivity contribution in [2.45, 2.75) is 6.42 Å². The van der Waals surface area contributed by atoms with Crippen LogP contribution in [0.25, 0.3) is 0 Å². The van der Waals surface area contributed by atoms with Gasteiger partial charge in [0.15, 0.2) is 0 Å². The first-order valence-electron chi connectivity index (χ1n) is 4.47. The van der Waals surface area contributed by atoms with Crippen LogP contribution in [0.5, 0.6) is 0 Å². The quantitative estimate of drug-likeness (QED) is 0.669. The van der Waals surface area contributed by atoms with Gasteiger partial charge in [-0.3, -0.25) is 9.59 Å². The summed E-state index contributed by atoms with van der Waals surface area (Å²) in [6.07, 6.45) is 0.285. The van der Waals surface area contributed by atoms with E-state index in [2.05, 4.69) is 17.9 Å². The van der Waals surface area contributed by atoms with Crippen LogP contribution >= 0.6 is 12.6 Å². The Morgan fingerprint density at radius 1 is 1.27 bits per heavy atom. The van der Waals surface area contributed by atoms with E-state index in [1.54, 1.807) is 24.3 Å². The maximum absolute atomic E-state index is 11.2. The van der Waals surface area contributed by atoms with Crippen LogP contribution in [0, 0.1) is 0 Å². The molecule has 0 unspecified atom stereocenters. The molecule has 4 nitrogen and oxygen atoms in total. The molecule has 3 N–H and O–H groups in total. The van der Waals surface area contributed by atoms with Crippen LogP contribution in [0.15, 0.2) is 24.3 Å². The smallest absolute Gasteiger partial charge is 0.225 e. The summed E-state index contributed by atoms with van der Waals surface area (Å²) in [6, 6.07) is 6.51. The van der Waals surface area contributed by atoms with Crippen LogP contribution in [0.1, 0.15) is 16.8 Å². The zero-order chi connectivity index (χ0) is 11.3. The number of benzene rings is 1. The number of anilines is 1. The average Bonchev–Trinajstić information content (AvgIpc) is 2.18. The van der Waals surface area contributed by atoms with E-state index in [9.17, 15) is 9.59 Å². The Balaban J connectivity index is 2.64. The third-order valence-electron chi connectivity index (χ3n) is 1.79. The number of nitrogens with one attached hydrogen (secondary N) is 1. The van der Waals surface area contributed by atoms with Crippen molar-refractivity contribution in [3.8, 4) is 0 Å². The maximum Gasteiger partial charge on any atom is 0.225 e. The molecular weight excluding hydrogens is 212 g/mol. The van der Waals surface area contributed by atoms with Crippen LogP contribution < -0.4 is 11.1 Å². The minimum Gasteiger partial charge on any atom is -0.330 e. The second kappa shape index (κ2) is 5.53. The van der Waals surface area contributed by atoms with Crippen molar-refractivity contribution in [3.05, 3.63) is 29.8 Å². The molecule has 1 rings (SSSR count). The molecule has 0 saturated carbocycles. The predicted molar refractivity (Wildman–Crippen MR) is 62.1 cm³/mol. The van der Waals surface area contributed by atoms with Gasteiger partial charge in [-0.1, -0.05) is 0 Å². The average molecular weight is 224 g/mol. The number of carbonyl (C=O) groups excluding carboxylic acids is 2. The summed E-state index contributed by atoms with van der Waals surface area (Å²) in [5.41, 5.74) is 6.37. The van der Waals surface area contributed by atoms with E-state index in [0.29, 0.717) is 17.8 Å². The Morgan fingerprint density at radius 3 is 2.33 bits per heavy atom. The maximum atomic E-state index is 11.2. The summed E-state index contributed by atoms with van der Waals surface area (Å²) in [6.45, 7) is 0.318. The number of hydrogen-bond acceptors (Lipinski definition) is 3. The fraction of sp³-hybridized carbons (Fsp3) is 0.200. The van der Waals surface area contributed by atoms with Gasteiger partial charge in [-0.2, -0.15) is 0 Å². The summed E-state index contributed by atoms with van der Waals surface area (Å²) < 4.78 is 0. The summed E-state index contributed by atoms with van der Waals surface area (Å²) in [5.74, 6) is -0.137. The first kappa shape index (κ1) is 11.7. The van der Waals surface area contributed by atoms with Gasteiger partial charge >= 0.3 is 0 Å². The number of carbonyl (C=O) groups is 2. The minimum atomic E-state index is -0.296. The van der Waals surface area contributed by atoms with Crippen LogP contribution in [0.4, 0.5) is 5.69 Å². The monoisotopic (exact) mass is 224 g/mol.